The zero-order valence-corrected chi connectivity index (χ0v) is 12.7. The van der Waals surface area contributed by atoms with Crippen molar-refractivity contribution in [1.82, 2.24) is 9.88 Å². The van der Waals surface area contributed by atoms with Crippen LogP contribution in [-0.2, 0) is 24.8 Å². The highest BCUT2D eigenvalue weighted by atomic mass is 16.1. The number of amides is 1. The molecule has 3 heteroatoms. The molecule has 0 fully saturated rings. The molecule has 3 nitrogen and oxygen atoms in total. The van der Waals surface area contributed by atoms with E-state index < -0.39 is 0 Å². The number of nitrogens with one attached hydrogen (secondary N) is 1. The van der Waals surface area contributed by atoms with Crippen LogP contribution in [0, 0.1) is 20.8 Å². The summed E-state index contributed by atoms with van der Waals surface area (Å²) >= 11 is 0. The number of rotatable bonds is 4. The lowest BCUT2D eigenvalue weighted by molar-refractivity contribution is -0.120. The van der Waals surface area contributed by atoms with Gasteiger partial charge in [0, 0.05) is 25.0 Å². The molecule has 0 aliphatic rings. The van der Waals surface area contributed by atoms with Gasteiger partial charge in [-0.2, -0.15) is 0 Å². The van der Waals surface area contributed by atoms with Crippen molar-refractivity contribution in [1.29, 1.82) is 0 Å². The lowest BCUT2D eigenvalue weighted by Crippen LogP contribution is -2.25. The van der Waals surface area contributed by atoms with E-state index in [0.717, 1.165) is 11.3 Å². The zero-order chi connectivity index (χ0) is 14.7. The van der Waals surface area contributed by atoms with Crippen LogP contribution in [0.25, 0.3) is 0 Å². The van der Waals surface area contributed by atoms with Crippen molar-refractivity contribution in [2.24, 2.45) is 7.05 Å². The molecule has 1 amide bonds. The standard InChI is InChI=1S/C17H22N2O/c1-12-7-5-6-8-15(12)11-18-17(20)10-16-9-13(2)19(4)14(16)3/h5-9H,10-11H2,1-4H3,(H,18,20). The third-order valence-electron chi connectivity index (χ3n) is 3.97. The van der Waals surface area contributed by atoms with E-state index in [1.165, 1.54) is 16.8 Å². The lowest BCUT2D eigenvalue weighted by atomic mass is 10.1. The maximum absolute atomic E-state index is 12.0. The molecule has 0 radical (unpaired) electrons. The summed E-state index contributed by atoms with van der Waals surface area (Å²) in [5.74, 6) is 0.0713. The maximum atomic E-state index is 12.0. The highest BCUT2D eigenvalue weighted by Crippen LogP contribution is 2.14. The van der Waals surface area contributed by atoms with Crippen LogP contribution in [0.1, 0.15) is 28.1 Å². The topological polar surface area (TPSA) is 34.0 Å². The van der Waals surface area contributed by atoms with Crippen molar-refractivity contribution in [3.8, 4) is 0 Å². The molecule has 0 bridgehead atoms. The van der Waals surface area contributed by atoms with Gasteiger partial charge >= 0.3 is 0 Å². The Hall–Kier alpha value is -2.03. The Bertz CT molecular complexity index is 626. The van der Waals surface area contributed by atoms with Crippen LogP contribution in [0.3, 0.4) is 0 Å². The fourth-order valence-electron chi connectivity index (χ4n) is 2.35. The lowest BCUT2D eigenvalue weighted by Gasteiger charge is -2.08. The van der Waals surface area contributed by atoms with Gasteiger partial charge in [0.2, 0.25) is 5.91 Å². The number of nitrogens with zero attached hydrogens (tertiary/aromatic N) is 1. The fraction of sp³-hybridized carbons (Fsp3) is 0.353. The summed E-state index contributed by atoms with van der Waals surface area (Å²) < 4.78 is 2.12. The van der Waals surface area contributed by atoms with Crippen LogP contribution in [0.5, 0.6) is 0 Å². The number of carbonyl (C=O) groups excluding carboxylic acids is 1. The minimum atomic E-state index is 0.0713. The minimum absolute atomic E-state index is 0.0713. The van der Waals surface area contributed by atoms with Crippen LogP contribution in [0.2, 0.25) is 0 Å². The third kappa shape index (κ3) is 3.10. The molecule has 106 valence electrons. The van der Waals surface area contributed by atoms with Gasteiger partial charge in [-0.15, -0.1) is 0 Å². The first-order chi connectivity index (χ1) is 9.49. The molecule has 0 spiro atoms. The molecule has 0 aliphatic heterocycles. The second-order valence-corrected chi connectivity index (χ2v) is 5.34. The molecule has 1 aromatic heterocycles. The van der Waals surface area contributed by atoms with E-state index in [0.29, 0.717) is 13.0 Å². The van der Waals surface area contributed by atoms with Crippen molar-refractivity contribution in [3.63, 3.8) is 0 Å². The Morgan fingerprint density at radius 2 is 1.85 bits per heavy atom. The Labute approximate surface area is 120 Å². The SMILES string of the molecule is Cc1ccccc1CNC(=O)Cc1cc(C)n(C)c1C. The molecule has 20 heavy (non-hydrogen) atoms. The second-order valence-electron chi connectivity index (χ2n) is 5.34. The molecule has 0 aliphatic carbocycles. The summed E-state index contributed by atoms with van der Waals surface area (Å²) in [6.45, 7) is 6.77. The van der Waals surface area contributed by atoms with E-state index in [9.17, 15) is 4.79 Å². The van der Waals surface area contributed by atoms with Gasteiger partial charge in [-0.25, -0.2) is 0 Å². The van der Waals surface area contributed by atoms with Crippen LogP contribution in [0.15, 0.2) is 30.3 Å². The molecule has 2 rings (SSSR count). The molecule has 0 saturated heterocycles. The highest BCUT2D eigenvalue weighted by Gasteiger charge is 2.10. The summed E-state index contributed by atoms with van der Waals surface area (Å²) in [5, 5.41) is 3.00. The average molecular weight is 270 g/mol. The smallest absolute Gasteiger partial charge is 0.224 e. The van der Waals surface area contributed by atoms with Gasteiger partial charge in [-0.1, -0.05) is 24.3 Å². The van der Waals surface area contributed by atoms with Crippen LogP contribution < -0.4 is 5.32 Å². The van der Waals surface area contributed by atoms with E-state index in [2.05, 4.69) is 42.8 Å². The zero-order valence-electron chi connectivity index (χ0n) is 12.7. The molecule has 1 N–H and O–H groups in total. The first kappa shape index (κ1) is 14.4. The van der Waals surface area contributed by atoms with E-state index in [4.69, 9.17) is 0 Å². The fourth-order valence-corrected chi connectivity index (χ4v) is 2.35. The summed E-state index contributed by atoms with van der Waals surface area (Å²) in [4.78, 5) is 12.0. The van der Waals surface area contributed by atoms with Crippen molar-refractivity contribution in [2.45, 2.75) is 33.7 Å². The van der Waals surface area contributed by atoms with Gasteiger partial charge in [-0.3, -0.25) is 4.79 Å². The molecule has 1 heterocycles. The molecular formula is C17H22N2O. The minimum Gasteiger partial charge on any atom is -0.352 e. The molecule has 2 aromatic rings. The van der Waals surface area contributed by atoms with Gasteiger partial charge < -0.3 is 9.88 Å². The monoisotopic (exact) mass is 270 g/mol. The summed E-state index contributed by atoms with van der Waals surface area (Å²) in [5.41, 5.74) is 5.83. The molecule has 1 aromatic carbocycles. The number of carbonyl (C=O) groups is 1. The van der Waals surface area contributed by atoms with Crippen molar-refractivity contribution in [2.75, 3.05) is 0 Å². The quantitative estimate of drug-likeness (QED) is 0.910. The van der Waals surface area contributed by atoms with Gasteiger partial charge in [0.1, 0.15) is 0 Å². The van der Waals surface area contributed by atoms with Gasteiger partial charge in [0.05, 0.1) is 6.42 Å². The van der Waals surface area contributed by atoms with Crippen LogP contribution >= 0.6 is 0 Å². The molecule has 0 unspecified atom stereocenters. The van der Waals surface area contributed by atoms with Gasteiger partial charge in [0.15, 0.2) is 0 Å². The van der Waals surface area contributed by atoms with Gasteiger partial charge in [0.25, 0.3) is 0 Å². The Balaban J connectivity index is 1.96. The van der Waals surface area contributed by atoms with E-state index in [1.807, 2.05) is 25.2 Å². The number of benzene rings is 1. The second kappa shape index (κ2) is 5.95. The summed E-state index contributed by atoms with van der Waals surface area (Å²) in [6, 6.07) is 10.2. The highest BCUT2D eigenvalue weighted by molar-refractivity contribution is 5.78. The molecule has 0 saturated carbocycles. The maximum Gasteiger partial charge on any atom is 0.224 e. The number of hydrogen-bond acceptors (Lipinski definition) is 1. The predicted octanol–water partition coefficient (Wildman–Crippen LogP) is 2.81. The average Bonchev–Trinajstić information content (AvgIpc) is 2.65. The molecular weight excluding hydrogens is 248 g/mol. The number of aryl methyl sites for hydroxylation is 2. The van der Waals surface area contributed by atoms with E-state index in [1.54, 1.807) is 0 Å². The predicted molar refractivity (Wildman–Crippen MR) is 81.6 cm³/mol. The largest absolute Gasteiger partial charge is 0.352 e. The first-order valence-electron chi connectivity index (χ1n) is 6.92. The Kier molecular flexibility index (Phi) is 4.28. The van der Waals surface area contributed by atoms with Crippen LogP contribution in [-0.4, -0.2) is 10.5 Å². The first-order valence-corrected chi connectivity index (χ1v) is 6.92. The Morgan fingerprint density at radius 1 is 1.15 bits per heavy atom. The number of aromatic nitrogens is 1. The number of hydrogen-bond donors (Lipinski definition) is 1. The van der Waals surface area contributed by atoms with Crippen molar-refractivity contribution in [3.05, 3.63) is 58.4 Å². The van der Waals surface area contributed by atoms with E-state index in [-0.39, 0.29) is 5.91 Å². The van der Waals surface area contributed by atoms with Crippen molar-refractivity contribution >= 4 is 5.91 Å². The third-order valence-corrected chi connectivity index (χ3v) is 3.97. The Morgan fingerprint density at radius 3 is 2.45 bits per heavy atom. The molecule has 0 atom stereocenters. The van der Waals surface area contributed by atoms with Crippen molar-refractivity contribution < 1.29 is 4.79 Å². The summed E-state index contributed by atoms with van der Waals surface area (Å²) in [7, 11) is 2.03. The summed E-state index contributed by atoms with van der Waals surface area (Å²) in [6.07, 6.45) is 0.444. The normalized spacial score (nSPS) is 10.6. The van der Waals surface area contributed by atoms with Crippen LogP contribution in [0.4, 0.5) is 0 Å². The van der Waals surface area contributed by atoms with Gasteiger partial charge in [-0.05, 0) is 43.5 Å². The van der Waals surface area contributed by atoms with E-state index >= 15 is 0 Å².